The summed E-state index contributed by atoms with van der Waals surface area (Å²) in [6.45, 7) is 5.57. The van der Waals surface area contributed by atoms with Gasteiger partial charge in [-0.2, -0.15) is 4.98 Å². The molecule has 3 heterocycles. The number of rotatable bonds is 3. The quantitative estimate of drug-likeness (QED) is 0.877. The molecule has 0 aliphatic carbocycles. The molecule has 6 nitrogen and oxygen atoms in total. The maximum Gasteiger partial charge on any atom is 0.224 e. The Kier molecular flexibility index (Phi) is 2.84. The van der Waals surface area contributed by atoms with Gasteiger partial charge in [0.1, 0.15) is 11.6 Å². The highest BCUT2D eigenvalue weighted by Gasteiger charge is 2.17. The van der Waals surface area contributed by atoms with Gasteiger partial charge in [-0.05, 0) is 13.0 Å². The number of nitrogens with one attached hydrogen (secondary N) is 1. The number of hydrogen-bond acceptors (Lipinski definition) is 5. The van der Waals surface area contributed by atoms with Crippen molar-refractivity contribution in [3.63, 3.8) is 0 Å². The molecule has 0 unspecified atom stereocenters. The van der Waals surface area contributed by atoms with Crippen LogP contribution in [0.3, 0.4) is 0 Å². The van der Waals surface area contributed by atoms with Gasteiger partial charge in [-0.15, -0.1) is 0 Å². The van der Waals surface area contributed by atoms with Gasteiger partial charge in [0.2, 0.25) is 5.95 Å². The van der Waals surface area contributed by atoms with Crippen LogP contribution in [0.4, 0.5) is 11.8 Å². The Hall–Kier alpha value is -2.11. The Morgan fingerprint density at radius 2 is 2.22 bits per heavy atom. The molecule has 2 aromatic rings. The fourth-order valence-corrected chi connectivity index (χ4v) is 2.14. The number of fused-ring (bicyclic) bond motifs is 1. The third-order valence-electron chi connectivity index (χ3n) is 3.04. The molecule has 1 N–H and O–H groups in total. The number of nitrogens with zero attached hydrogens (tertiary/aromatic N) is 5. The van der Waals surface area contributed by atoms with Gasteiger partial charge in [0, 0.05) is 38.2 Å². The van der Waals surface area contributed by atoms with Gasteiger partial charge in [-0.3, -0.25) is 0 Å². The Bertz CT molecular complexity index is 535. The molecule has 94 valence electrons. The van der Waals surface area contributed by atoms with E-state index in [4.69, 9.17) is 0 Å². The molecule has 2 aromatic heterocycles. The summed E-state index contributed by atoms with van der Waals surface area (Å²) in [4.78, 5) is 15.3. The fraction of sp³-hybridized carbons (Fsp3) is 0.417. The van der Waals surface area contributed by atoms with E-state index in [1.165, 1.54) is 0 Å². The standard InChI is InChI=1S/C12H16N6/c1-2-13-12-15-4-3-10(16-12)18-8-7-17-6-5-14-11(17)9-18/h3-6H,2,7-9H2,1H3,(H,13,15,16). The second kappa shape index (κ2) is 4.64. The summed E-state index contributed by atoms with van der Waals surface area (Å²) in [7, 11) is 0. The van der Waals surface area contributed by atoms with E-state index in [0.29, 0.717) is 5.95 Å². The van der Waals surface area contributed by atoms with E-state index < -0.39 is 0 Å². The molecule has 6 heteroatoms. The number of aromatic nitrogens is 4. The third kappa shape index (κ3) is 2.01. The molecule has 1 aliphatic heterocycles. The molecule has 0 aromatic carbocycles. The topological polar surface area (TPSA) is 58.9 Å². The largest absolute Gasteiger partial charge is 0.354 e. The average Bonchev–Trinajstić information content (AvgIpc) is 2.86. The van der Waals surface area contributed by atoms with Crippen molar-refractivity contribution in [1.82, 2.24) is 19.5 Å². The van der Waals surface area contributed by atoms with Crippen LogP contribution in [0.25, 0.3) is 0 Å². The van der Waals surface area contributed by atoms with Crippen LogP contribution >= 0.6 is 0 Å². The molecule has 1 aliphatic rings. The van der Waals surface area contributed by atoms with Crippen LogP contribution in [-0.2, 0) is 13.1 Å². The number of imidazole rings is 1. The summed E-state index contributed by atoms with van der Waals surface area (Å²) >= 11 is 0. The molecule has 0 fully saturated rings. The van der Waals surface area contributed by atoms with Crippen LogP contribution in [0.2, 0.25) is 0 Å². The first-order chi connectivity index (χ1) is 8.86. The van der Waals surface area contributed by atoms with Gasteiger partial charge in [0.15, 0.2) is 0 Å². The zero-order valence-electron chi connectivity index (χ0n) is 10.4. The minimum atomic E-state index is 0.684. The molecule has 0 bridgehead atoms. The smallest absolute Gasteiger partial charge is 0.224 e. The first kappa shape index (κ1) is 11.0. The summed E-state index contributed by atoms with van der Waals surface area (Å²) in [5, 5.41) is 3.13. The minimum Gasteiger partial charge on any atom is -0.354 e. The van der Waals surface area contributed by atoms with E-state index >= 15 is 0 Å². The van der Waals surface area contributed by atoms with Crippen LogP contribution in [0.15, 0.2) is 24.7 Å². The van der Waals surface area contributed by atoms with Crippen LogP contribution < -0.4 is 10.2 Å². The zero-order chi connectivity index (χ0) is 12.4. The molecule has 0 radical (unpaired) electrons. The van der Waals surface area contributed by atoms with Crippen LogP contribution in [-0.4, -0.2) is 32.6 Å². The molecule has 0 amide bonds. The van der Waals surface area contributed by atoms with Gasteiger partial charge >= 0.3 is 0 Å². The molecular weight excluding hydrogens is 228 g/mol. The predicted octanol–water partition coefficient (Wildman–Crippen LogP) is 1.13. The first-order valence-electron chi connectivity index (χ1n) is 6.18. The van der Waals surface area contributed by atoms with E-state index in [1.54, 1.807) is 6.20 Å². The highest BCUT2D eigenvalue weighted by atomic mass is 15.3. The molecule has 0 saturated heterocycles. The molecule has 0 atom stereocenters. The maximum atomic E-state index is 4.51. The van der Waals surface area contributed by atoms with Gasteiger partial charge in [-0.1, -0.05) is 0 Å². The van der Waals surface area contributed by atoms with Crippen molar-refractivity contribution < 1.29 is 0 Å². The molecule has 18 heavy (non-hydrogen) atoms. The van der Waals surface area contributed by atoms with Crippen LogP contribution in [0.5, 0.6) is 0 Å². The van der Waals surface area contributed by atoms with Crippen molar-refractivity contribution in [3.8, 4) is 0 Å². The maximum absolute atomic E-state index is 4.51. The lowest BCUT2D eigenvalue weighted by molar-refractivity contribution is 0.556. The van der Waals surface area contributed by atoms with E-state index in [9.17, 15) is 0 Å². The monoisotopic (exact) mass is 244 g/mol. The third-order valence-corrected chi connectivity index (χ3v) is 3.04. The van der Waals surface area contributed by atoms with Crippen molar-refractivity contribution in [2.24, 2.45) is 0 Å². The van der Waals surface area contributed by atoms with Crippen molar-refractivity contribution in [2.45, 2.75) is 20.0 Å². The average molecular weight is 244 g/mol. The lowest BCUT2D eigenvalue weighted by atomic mass is 10.3. The first-order valence-corrected chi connectivity index (χ1v) is 6.18. The normalized spacial score (nSPS) is 14.4. The SMILES string of the molecule is CCNc1nccc(N2CCn3ccnc3C2)n1. The van der Waals surface area contributed by atoms with Gasteiger partial charge in [0.25, 0.3) is 0 Å². The Balaban J connectivity index is 1.81. The highest BCUT2D eigenvalue weighted by molar-refractivity contribution is 5.43. The molecule has 0 saturated carbocycles. The van der Waals surface area contributed by atoms with Crippen molar-refractivity contribution >= 4 is 11.8 Å². The number of hydrogen-bond donors (Lipinski definition) is 1. The van der Waals surface area contributed by atoms with E-state index in [-0.39, 0.29) is 0 Å². The van der Waals surface area contributed by atoms with Crippen molar-refractivity contribution in [2.75, 3.05) is 23.3 Å². The molecular formula is C12H16N6. The van der Waals surface area contributed by atoms with Crippen LogP contribution in [0, 0.1) is 0 Å². The summed E-state index contributed by atoms with van der Waals surface area (Å²) in [5.74, 6) is 2.73. The van der Waals surface area contributed by atoms with E-state index in [2.05, 4.69) is 29.7 Å². The highest BCUT2D eigenvalue weighted by Crippen LogP contribution is 2.18. The summed E-state index contributed by atoms with van der Waals surface area (Å²) in [6.07, 6.45) is 5.67. The summed E-state index contributed by atoms with van der Waals surface area (Å²) < 4.78 is 2.18. The Labute approximate surface area is 106 Å². The minimum absolute atomic E-state index is 0.684. The van der Waals surface area contributed by atoms with Gasteiger partial charge in [0.05, 0.1) is 6.54 Å². The number of anilines is 2. The molecule has 3 rings (SSSR count). The second-order valence-electron chi connectivity index (χ2n) is 4.23. The van der Waals surface area contributed by atoms with Crippen molar-refractivity contribution in [1.29, 1.82) is 0 Å². The van der Waals surface area contributed by atoms with Crippen LogP contribution in [0.1, 0.15) is 12.7 Å². The molecule has 0 spiro atoms. The van der Waals surface area contributed by atoms with Crippen molar-refractivity contribution in [3.05, 3.63) is 30.5 Å². The Morgan fingerprint density at radius 1 is 1.28 bits per heavy atom. The van der Waals surface area contributed by atoms with E-state index in [0.717, 1.165) is 37.8 Å². The Morgan fingerprint density at radius 3 is 3.11 bits per heavy atom. The lowest BCUT2D eigenvalue weighted by Crippen LogP contribution is -2.34. The van der Waals surface area contributed by atoms with E-state index in [1.807, 2.05) is 25.4 Å². The second-order valence-corrected chi connectivity index (χ2v) is 4.23. The van der Waals surface area contributed by atoms with Gasteiger partial charge in [-0.25, -0.2) is 9.97 Å². The fourth-order valence-electron chi connectivity index (χ4n) is 2.14. The lowest BCUT2D eigenvalue weighted by Gasteiger charge is -2.28. The van der Waals surface area contributed by atoms with Gasteiger partial charge < -0.3 is 14.8 Å². The summed E-state index contributed by atoms with van der Waals surface area (Å²) in [5.41, 5.74) is 0. The predicted molar refractivity (Wildman–Crippen MR) is 69.5 cm³/mol. The summed E-state index contributed by atoms with van der Waals surface area (Å²) in [6, 6.07) is 1.94. The zero-order valence-corrected chi connectivity index (χ0v) is 10.4.